The molecule has 0 unspecified atom stereocenters. The van der Waals surface area contributed by atoms with E-state index in [0.717, 1.165) is 13.1 Å². The zero-order valence-corrected chi connectivity index (χ0v) is 12.9. The molecule has 1 spiro atoms. The van der Waals surface area contributed by atoms with Crippen LogP contribution in [0.2, 0.25) is 5.02 Å². The van der Waals surface area contributed by atoms with Gasteiger partial charge in [-0.2, -0.15) is 0 Å². The van der Waals surface area contributed by atoms with Gasteiger partial charge in [-0.25, -0.2) is 4.79 Å². The van der Waals surface area contributed by atoms with Gasteiger partial charge in [-0.05, 0) is 50.2 Å². The summed E-state index contributed by atoms with van der Waals surface area (Å²) in [5.74, 6) is 0.520. The van der Waals surface area contributed by atoms with Crippen LogP contribution in [-0.4, -0.2) is 48.6 Å². The molecule has 0 atom stereocenters. The second-order valence-corrected chi connectivity index (χ2v) is 5.96. The minimum atomic E-state index is -0.720. The van der Waals surface area contributed by atoms with E-state index in [-0.39, 0.29) is 25.1 Å². The fourth-order valence-electron chi connectivity index (χ4n) is 2.86. The van der Waals surface area contributed by atoms with E-state index in [1.54, 1.807) is 24.3 Å². The number of rotatable bonds is 4. The van der Waals surface area contributed by atoms with E-state index in [2.05, 4.69) is 10.6 Å². The van der Waals surface area contributed by atoms with E-state index in [9.17, 15) is 9.59 Å². The zero-order valence-electron chi connectivity index (χ0n) is 12.1. The van der Waals surface area contributed by atoms with Crippen LogP contribution in [-0.2, 0) is 4.79 Å². The van der Waals surface area contributed by atoms with Crippen LogP contribution in [0, 0.1) is 0 Å². The molecule has 2 N–H and O–H groups in total. The molecule has 0 aliphatic carbocycles. The van der Waals surface area contributed by atoms with Crippen LogP contribution in [0.15, 0.2) is 24.3 Å². The third kappa shape index (κ3) is 2.89. The number of halogens is 1. The van der Waals surface area contributed by atoms with E-state index in [4.69, 9.17) is 16.3 Å². The maximum absolute atomic E-state index is 12.5. The Bertz CT molecular complexity index is 570. The summed E-state index contributed by atoms with van der Waals surface area (Å²) in [6.45, 7) is 1.97. The summed E-state index contributed by atoms with van der Waals surface area (Å²) in [5, 5.41) is 6.68. The lowest BCUT2D eigenvalue weighted by Crippen LogP contribution is -2.54. The van der Waals surface area contributed by atoms with Gasteiger partial charge in [-0.15, -0.1) is 0 Å². The van der Waals surface area contributed by atoms with E-state index >= 15 is 0 Å². The first-order chi connectivity index (χ1) is 10.6. The minimum Gasteiger partial charge on any atom is -0.492 e. The number of ether oxygens (including phenoxy) is 1. The Morgan fingerprint density at radius 2 is 1.86 bits per heavy atom. The summed E-state index contributed by atoms with van der Waals surface area (Å²) >= 11 is 5.80. The predicted molar refractivity (Wildman–Crippen MR) is 82.0 cm³/mol. The SMILES string of the molecule is O=C1NC2(CCNCC2)C(=O)N1CCOc1ccc(Cl)cc1. The summed E-state index contributed by atoms with van der Waals surface area (Å²) in [5.41, 5.74) is -0.720. The topological polar surface area (TPSA) is 70.7 Å². The summed E-state index contributed by atoms with van der Waals surface area (Å²) in [6.07, 6.45) is 1.26. The summed E-state index contributed by atoms with van der Waals surface area (Å²) in [7, 11) is 0. The summed E-state index contributed by atoms with van der Waals surface area (Å²) in [4.78, 5) is 25.8. The van der Waals surface area contributed by atoms with Crippen molar-refractivity contribution in [3.63, 3.8) is 0 Å². The monoisotopic (exact) mass is 323 g/mol. The number of carbonyl (C=O) groups is 2. The van der Waals surface area contributed by atoms with Crippen molar-refractivity contribution in [3.8, 4) is 5.75 Å². The van der Waals surface area contributed by atoms with Crippen molar-refractivity contribution < 1.29 is 14.3 Å². The molecule has 0 bridgehead atoms. The van der Waals surface area contributed by atoms with Crippen LogP contribution < -0.4 is 15.4 Å². The van der Waals surface area contributed by atoms with Gasteiger partial charge in [-0.1, -0.05) is 11.6 Å². The Kier molecular flexibility index (Phi) is 4.22. The van der Waals surface area contributed by atoms with Crippen molar-refractivity contribution in [1.29, 1.82) is 0 Å². The molecule has 0 radical (unpaired) electrons. The third-order valence-electron chi connectivity index (χ3n) is 4.10. The number of imide groups is 1. The average molecular weight is 324 g/mol. The van der Waals surface area contributed by atoms with Crippen molar-refractivity contribution >= 4 is 23.5 Å². The molecule has 118 valence electrons. The molecule has 3 rings (SSSR count). The van der Waals surface area contributed by atoms with E-state index in [1.165, 1.54) is 4.90 Å². The maximum atomic E-state index is 12.5. The first-order valence-electron chi connectivity index (χ1n) is 7.34. The molecule has 2 fully saturated rings. The number of piperidine rings is 1. The number of amides is 3. The van der Waals surface area contributed by atoms with Gasteiger partial charge in [0.2, 0.25) is 0 Å². The molecule has 3 amide bonds. The fraction of sp³-hybridized carbons (Fsp3) is 0.467. The number of hydrogen-bond acceptors (Lipinski definition) is 4. The molecule has 2 saturated heterocycles. The lowest BCUT2D eigenvalue weighted by Gasteiger charge is -2.31. The molecule has 2 aliphatic rings. The molecule has 2 aliphatic heterocycles. The summed E-state index contributed by atoms with van der Waals surface area (Å²) in [6, 6.07) is 6.64. The highest BCUT2D eigenvalue weighted by Gasteiger charge is 2.51. The third-order valence-corrected chi connectivity index (χ3v) is 4.35. The molecule has 7 heteroatoms. The molecular formula is C15H18ClN3O3. The van der Waals surface area contributed by atoms with Gasteiger partial charge >= 0.3 is 6.03 Å². The molecular weight excluding hydrogens is 306 g/mol. The highest BCUT2D eigenvalue weighted by atomic mass is 35.5. The van der Waals surface area contributed by atoms with Gasteiger partial charge < -0.3 is 15.4 Å². The van der Waals surface area contributed by atoms with Gasteiger partial charge in [-0.3, -0.25) is 9.69 Å². The molecule has 0 aromatic heterocycles. The quantitative estimate of drug-likeness (QED) is 0.822. The van der Waals surface area contributed by atoms with Crippen molar-refractivity contribution in [2.75, 3.05) is 26.2 Å². The Morgan fingerprint density at radius 1 is 1.18 bits per heavy atom. The molecule has 2 heterocycles. The molecule has 1 aromatic rings. The normalized spacial score (nSPS) is 20.3. The van der Waals surface area contributed by atoms with Crippen LogP contribution >= 0.6 is 11.6 Å². The second-order valence-electron chi connectivity index (χ2n) is 5.52. The van der Waals surface area contributed by atoms with Crippen LogP contribution in [0.3, 0.4) is 0 Å². The number of benzene rings is 1. The Morgan fingerprint density at radius 3 is 2.55 bits per heavy atom. The molecule has 6 nitrogen and oxygen atoms in total. The maximum Gasteiger partial charge on any atom is 0.325 e. The number of nitrogens with one attached hydrogen (secondary N) is 2. The van der Waals surface area contributed by atoms with E-state index < -0.39 is 5.54 Å². The highest BCUT2D eigenvalue weighted by molar-refractivity contribution is 6.30. The first kappa shape index (κ1) is 15.1. The van der Waals surface area contributed by atoms with Gasteiger partial charge in [0.05, 0.1) is 6.54 Å². The van der Waals surface area contributed by atoms with Crippen molar-refractivity contribution in [2.45, 2.75) is 18.4 Å². The zero-order chi connectivity index (χ0) is 15.6. The molecule has 22 heavy (non-hydrogen) atoms. The second kappa shape index (κ2) is 6.14. The van der Waals surface area contributed by atoms with E-state index in [0.29, 0.717) is 23.6 Å². The van der Waals surface area contributed by atoms with Crippen LogP contribution in [0.5, 0.6) is 5.75 Å². The lowest BCUT2D eigenvalue weighted by atomic mass is 9.88. The Balaban J connectivity index is 1.57. The van der Waals surface area contributed by atoms with Crippen LogP contribution in [0.25, 0.3) is 0 Å². The molecule has 1 aromatic carbocycles. The minimum absolute atomic E-state index is 0.140. The predicted octanol–water partition coefficient (Wildman–Crippen LogP) is 1.39. The smallest absolute Gasteiger partial charge is 0.325 e. The Labute approximate surface area is 133 Å². The number of urea groups is 1. The standard InChI is InChI=1S/C15H18ClN3O3/c16-11-1-3-12(4-2-11)22-10-9-19-13(20)15(18-14(19)21)5-7-17-8-6-15/h1-4,17H,5-10H2,(H,18,21). The number of carbonyl (C=O) groups excluding carboxylic acids is 2. The van der Waals surface area contributed by atoms with Crippen LogP contribution in [0.1, 0.15) is 12.8 Å². The molecule has 0 saturated carbocycles. The van der Waals surface area contributed by atoms with Gasteiger partial charge in [0.1, 0.15) is 17.9 Å². The highest BCUT2D eigenvalue weighted by Crippen LogP contribution is 2.26. The largest absolute Gasteiger partial charge is 0.492 e. The first-order valence-corrected chi connectivity index (χ1v) is 7.72. The number of nitrogens with zero attached hydrogens (tertiary/aromatic N) is 1. The van der Waals surface area contributed by atoms with Crippen molar-refractivity contribution in [2.24, 2.45) is 0 Å². The summed E-state index contributed by atoms with van der Waals surface area (Å²) < 4.78 is 5.55. The van der Waals surface area contributed by atoms with Gasteiger partial charge in [0.25, 0.3) is 5.91 Å². The van der Waals surface area contributed by atoms with Gasteiger partial charge in [0, 0.05) is 5.02 Å². The van der Waals surface area contributed by atoms with E-state index in [1.807, 2.05) is 0 Å². The average Bonchev–Trinajstić information content (AvgIpc) is 2.74. The van der Waals surface area contributed by atoms with Crippen LogP contribution in [0.4, 0.5) is 4.79 Å². The van der Waals surface area contributed by atoms with Crippen molar-refractivity contribution in [1.82, 2.24) is 15.5 Å². The van der Waals surface area contributed by atoms with Crippen molar-refractivity contribution in [3.05, 3.63) is 29.3 Å². The number of hydrogen-bond donors (Lipinski definition) is 2. The Hall–Kier alpha value is -1.79. The fourth-order valence-corrected chi connectivity index (χ4v) is 2.98. The lowest BCUT2D eigenvalue weighted by molar-refractivity contribution is -0.132. The van der Waals surface area contributed by atoms with Gasteiger partial charge in [0.15, 0.2) is 0 Å².